The molecule has 0 fully saturated rings. The van der Waals surface area contributed by atoms with Crippen molar-refractivity contribution in [1.29, 1.82) is 0 Å². The number of sulfone groups is 1. The predicted molar refractivity (Wildman–Crippen MR) is 62.1 cm³/mol. The number of alkyl halides is 4. The highest BCUT2D eigenvalue weighted by molar-refractivity contribution is 7.92. The Morgan fingerprint density at radius 2 is 1.76 bits per heavy atom. The van der Waals surface area contributed by atoms with Crippen molar-refractivity contribution >= 4 is 21.4 Å². The van der Waals surface area contributed by atoms with E-state index in [0.29, 0.717) is 0 Å². The van der Waals surface area contributed by atoms with Gasteiger partial charge in [0, 0.05) is 19.0 Å². The summed E-state index contributed by atoms with van der Waals surface area (Å²) >= 11 is 5.38. The van der Waals surface area contributed by atoms with Crippen LogP contribution in [0.15, 0.2) is 0 Å². The van der Waals surface area contributed by atoms with E-state index in [4.69, 9.17) is 11.6 Å². The second-order valence-electron chi connectivity index (χ2n) is 4.00. The molecule has 0 saturated carbocycles. The van der Waals surface area contributed by atoms with Gasteiger partial charge in [0.2, 0.25) is 0 Å². The summed E-state index contributed by atoms with van der Waals surface area (Å²) in [6, 6.07) is 0. The third kappa shape index (κ3) is 7.83. The van der Waals surface area contributed by atoms with Crippen LogP contribution in [0.5, 0.6) is 0 Å². The third-order valence-corrected chi connectivity index (χ3v) is 4.57. The maximum absolute atomic E-state index is 12.2. The van der Waals surface area contributed by atoms with E-state index < -0.39 is 27.8 Å². The fraction of sp³-hybridized carbons (Fsp3) is 1.00. The number of hydrogen-bond acceptors (Lipinski definition) is 3. The molecule has 0 aliphatic rings. The Bertz CT molecular complexity index is 317. The van der Waals surface area contributed by atoms with Gasteiger partial charge in [-0.25, -0.2) is 8.42 Å². The van der Waals surface area contributed by atoms with Crippen LogP contribution in [0.3, 0.4) is 0 Å². The van der Waals surface area contributed by atoms with E-state index in [9.17, 15) is 21.6 Å². The summed E-state index contributed by atoms with van der Waals surface area (Å²) in [7, 11) is -3.32. The fourth-order valence-corrected chi connectivity index (χ4v) is 2.36. The van der Waals surface area contributed by atoms with Crippen LogP contribution in [0.25, 0.3) is 0 Å². The minimum atomic E-state index is -4.34. The van der Waals surface area contributed by atoms with Gasteiger partial charge in [-0.3, -0.25) is 4.90 Å². The van der Waals surface area contributed by atoms with Gasteiger partial charge in [-0.1, -0.05) is 0 Å². The topological polar surface area (TPSA) is 37.4 Å². The van der Waals surface area contributed by atoms with E-state index in [1.54, 1.807) is 0 Å². The smallest absolute Gasteiger partial charge is 0.293 e. The van der Waals surface area contributed by atoms with Crippen LogP contribution in [-0.2, 0) is 9.84 Å². The zero-order valence-electron chi connectivity index (χ0n) is 9.80. The Kier molecular flexibility index (Phi) is 6.79. The fourth-order valence-electron chi connectivity index (χ4n) is 1.14. The van der Waals surface area contributed by atoms with Crippen LogP contribution in [-0.4, -0.2) is 56.0 Å². The van der Waals surface area contributed by atoms with Crippen molar-refractivity contribution in [3.63, 3.8) is 0 Å². The lowest BCUT2D eigenvalue weighted by Crippen LogP contribution is -2.39. The number of halogens is 4. The minimum Gasteiger partial charge on any atom is -0.293 e. The molecule has 0 spiro atoms. The molecule has 0 aliphatic heterocycles. The molecule has 0 radical (unpaired) electrons. The Morgan fingerprint density at radius 3 is 2.12 bits per heavy atom. The Hall–Kier alpha value is -0.0100. The van der Waals surface area contributed by atoms with Crippen molar-refractivity contribution in [2.45, 2.75) is 25.3 Å². The zero-order chi connectivity index (χ0) is 13.7. The maximum atomic E-state index is 12.2. The van der Waals surface area contributed by atoms with Gasteiger partial charge in [0.25, 0.3) is 0 Å². The molecule has 0 aromatic carbocycles. The van der Waals surface area contributed by atoms with Crippen molar-refractivity contribution < 1.29 is 21.6 Å². The molecule has 0 aromatic rings. The van der Waals surface area contributed by atoms with Gasteiger partial charge in [-0.05, 0) is 13.8 Å². The lowest BCUT2D eigenvalue weighted by Gasteiger charge is -2.22. The summed E-state index contributed by atoms with van der Waals surface area (Å²) in [5.41, 5.74) is 0. The molecule has 0 N–H and O–H groups in total. The van der Waals surface area contributed by atoms with Crippen molar-refractivity contribution in [3.05, 3.63) is 0 Å². The number of rotatable bonds is 7. The molecule has 0 aromatic heterocycles. The Morgan fingerprint density at radius 1 is 1.24 bits per heavy atom. The van der Waals surface area contributed by atoms with Crippen LogP contribution < -0.4 is 0 Å². The summed E-state index contributed by atoms with van der Waals surface area (Å²) < 4.78 is 59.4. The first kappa shape index (κ1) is 17.0. The highest BCUT2D eigenvalue weighted by atomic mass is 35.5. The summed E-state index contributed by atoms with van der Waals surface area (Å²) in [5.74, 6) is -0.241. The Balaban J connectivity index is 4.37. The van der Waals surface area contributed by atoms with E-state index in [-0.39, 0.29) is 24.7 Å². The molecular formula is C9H17ClF3NO2S. The quantitative estimate of drug-likeness (QED) is 0.673. The summed E-state index contributed by atoms with van der Waals surface area (Å²) in [6.45, 7) is 1.75. The molecule has 104 valence electrons. The van der Waals surface area contributed by atoms with Crippen LogP contribution >= 0.6 is 11.6 Å². The zero-order valence-corrected chi connectivity index (χ0v) is 11.4. The van der Waals surface area contributed by atoms with Gasteiger partial charge in [-0.2, -0.15) is 13.2 Å². The van der Waals surface area contributed by atoms with E-state index in [0.717, 1.165) is 4.90 Å². The van der Waals surface area contributed by atoms with Gasteiger partial charge in [0.15, 0.2) is 9.84 Å². The summed E-state index contributed by atoms with van der Waals surface area (Å²) in [6.07, 6.45) is -4.34. The summed E-state index contributed by atoms with van der Waals surface area (Å²) in [5, 5.41) is -0.578. The van der Waals surface area contributed by atoms with Crippen LogP contribution in [0, 0.1) is 0 Å². The minimum absolute atomic E-state index is 0.0225. The molecule has 17 heavy (non-hydrogen) atoms. The lowest BCUT2D eigenvalue weighted by molar-refractivity contribution is -0.144. The van der Waals surface area contributed by atoms with E-state index in [1.165, 1.54) is 13.8 Å². The largest absolute Gasteiger partial charge is 0.401 e. The van der Waals surface area contributed by atoms with Crippen molar-refractivity contribution in [3.8, 4) is 0 Å². The normalized spacial score (nSPS) is 13.6. The molecule has 0 aliphatic carbocycles. The molecule has 8 heteroatoms. The van der Waals surface area contributed by atoms with E-state index >= 15 is 0 Å². The Labute approximate surface area is 105 Å². The average Bonchev–Trinajstić information content (AvgIpc) is 2.12. The van der Waals surface area contributed by atoms with Gasteiger partial charge in [0.05, 0.1) is 17.5 Å². The van der Waals surface area contributed by atoms with Crippen LogP contribution in [0.4, 0.5) is 13.2 Å². The van der Waals surface area contributed by atoms with Crippen molar-refractivity contribution in [2.75, 3.05) is 31.3 Å². The second kappa shape index (κ2) is 6.80. The molecule has 0 unspecified atom stereocenters. The molecule has 0 bridgehead atoms. The van der Waals surface area contributed by atoms with Crippen LogP contribution in [0.1, 0.15) is 13.8 Å². The average molecular weight is 296 g/mol. The highest BCUT2D eigenvalue weighted by Crippen LogP contribution is 2.16. The standard InChI is InChI=1S/C9H17ClF3NO2S/c1-8(2)17(15,16)6-5-14(4-3-10)7-9(11,12)13/h8H,3-7H2,1-2H3. The van der Waals surface area contributed by atoms with Gasteiger partial charge in [-0.15, -0.1) is 11.6 Å². The molecule has 0 atom stereocenters. The first-order valence-electron chi connectivity index (χ1n) is 5.15. The van der Waals surface area contributed by atoms with Gasteiger partial charge < -0.3 is 0 Å². The van der Waals surface area contributed by atoms with Crippen molar-refractivity contribution in [1.82, 2.24) is 4.90 Å². The molecule has 0 rings (SSSR count). The molecule has 3 nitrogen and oxygen atoms in total. The number of hydrogen-bond donors (Lipinski definition) is 0. The molecule has 0 amide bonds. The van der Waals surface area contributed by atoms with Crippen LogP contribution in [0.2, 0.25) is 0 Å². The summed E-state index contributed by atoms with van der Waals surface area (Å²) in [4.78, 5) is 1.01. The number of nitrogens with zero attached hydrogens (tertiary/aromatic N) is 1. The maximum Gasteiger partial charge on any atom is 0.401 e. The van der Waals surface area contributed by atoms with E-state index in [1.807, 2.05) is 0 Å². The van der Waals surface area contributed by atoms with Gasteiger partial charge in [0.1, 0.15) is 0 Å². The molecule has 0 saturated heterocycles. The highest BCUT2D eigenvalue weighted by Gasteiger charge is 2.31. The monoisotopic (exact) mass is 295 g/mol. The molecule has 0 heterocycles. The first-order chi connectivity index (χ1) is 7.58. The van der Waals surface area contributed by atoms with E-state index in [2.05, 4.69) is 0 Å². The van der Waals surface area contributed by atoms with Gasteiger partial charge >= 0.3 is 6.18 Å². The second-order valence-corrected chi connectivity index (χ2v) is 7.05. The van der Waals surface area contributed by atoms with Crippen molar-refractivity contribution in [2.24, 2.45) is 0 Å². The SMILES string of the molecule is CC(C)S(=O)(=O)CCN(CCCl)CC(F)(F)F. The molecular weight excluding hydrogens is 279 g/mol. The lowest BCUT2D eigenvalue weighted by atomic mass is 10.4. The predicted octanol–water partition coefficient (Wildman–Crippen LogP) is 1.91. The third-order valence-electron chi connectivity index (χ3n) is 2.21. The first-order valence-corrected chi connectivity index (χ1v) is 7.40.